The van der Waals surface area contributed by atoms with E-state index in [0.717, 1.165) is 10.5 Å². The molecule has 2 fully saturated rings. The molecule has 31 heavy (non-hydrogen) atoms. The number of hydrogen-bond donors (Lipinski definition) is 0. The lowest BCUT2D eigenvalue weighted by molar-refractivity contribution is -0.146. The highest BCUT2D eigenvalue weighted by Crippen LogP contribution is 2.28. The number of hydrogen-bond acceptors (Lipinski definition) is 6. The van der Waals surface area contributed by atoms with Crippen molar-refractivity contribution < 1.29 is 28.7 Å². The van der Waals surface area contributed by atoms with Gasteiger partial charge in [0.1, 0.15) is 6.54 Å². The van der Waals surface area contributed by atoms with E-state index in [1.165, 1.54) is 6.08 Å². The molecule has 0 aliphatic carbocycles. The topological polar surface area (TPSA) is 96.5 Å². The fourth-order valence-corrected chi connectivity index (χ4v) is 3.55. The molecule has 0 spiro atoms. The summed E-state index contributed by atoms with van der Waals surface area (Å²) in [5.41, 5.74) is 0.811. The maximum Gasteiger partial charge on any atom is 0.246 e. The molecule has 4 amide bonds. The van der Waals surface area contributed by atoms with Crippen molar-refractivity contribution in [3.8, 4) is 11.5 Å². The molecule has 0 aromatic heterocycles. The molecule has 0 N–H and O–H groups in total. The number of nitrogens with zero attached hydrogens (tertiary/aromatic N) is 3. The second-order valence-electron chi connectivity index (χ2n) is 7.26. The first-order chi connectivity index (χ1) is 14.9. The third-order valence-corrected chi connectivity index (χ3v) is 5.30. The van der Waals surface area contributed by atoms with Crippen LogP contribution >= 0.6 is 0 Å². The van der Waals surface area contributed by atoms with E-state index in [2.05, 4.69) is 0 Å². The maximum absolute atomic E-state index is 12.5. The number of piperazine rings is 1. The molecule has 0 radical (unpaired) electrons. The van der Waals surface area contributed by atoms with Crippen molar-refractivity contribution in [1.82, 2.24) is 14.7 Å². The Bertz CT molecular complexity index is 873. The van der Waals surface area contributed by atoms with Crippen molar-refractivity contribution in [3.05, 3.63) is 29.8 Å². The van der Waals surface area contributed by atoms with Gasteiger partial charge in [-0.15, -0.1) is 0 Å². The Labute approximate surface area is 181 Å². The second-order valence-corrected chi connectivity index (χ2v) is 7.26. The average molecular weight is 429 g/mol. The van der Waals surface area contributed by atoms with Crippen molar-refractivity contribution in [2.24, 2.45) is 0 Å². The fraction of sp³-hybridized carbons (Fsp3) is 0.455. The predicted octanol–water partition coefficient (Wildman–Crippen LogP) is 0.927. The van der Waals surface area contributed by atoms with E-state index in [0.29, 0.717) is 44.3 Å². The Hall–Kier alpha value is -3.36. The molecule has 0 saturated carbocycles. The van der Waals surface area contributed by atoms with Crippen molar-refractivity contribution in [2.75, 3.05) is 46.4 Å². The quantitative estimate of drug-likeness (QED) is 0.473. The van der Waals surface area contributed by atoms with E-state index in [4.69, 9.17) is 9.47 Å². The molecule has 2 aliphatic heterocycles. The van der Waals surface area contributed by atoms with Crippen LogP contribution in [0.1, 0.15) is 25.3 Å². The van der Waals surface area contributed by atoms with Crippen LogP contribution in [0.2, 0.25) is 0 Å². The summed E-state index contributed by atoms with van der Waals surface area (Å²) in [5.74, 6) is 0.218. The summed E-state index contributed by atoms with van der Waals surface area (Å²) in [5, 5.41) is 0. The zero-order valence-electron chi connectivity index (χ0n) is 17.8. The SMILES string of the molecule is CCOc1cc(/C=C/C(=O)N2CCN(C(=O)CN3C(=O)CCC3=O)CC2)ccc1OC. The van der Waals surface area contributed by atoms with E-state index in [9.17, 15) is 19.2 Å². The van der Waals surface area contributed by atoms with Crippen LogP contribution in [0.25, 0.3) is 6.08 Å². The third kappa shape index (κ3) is 5.42. The summed E-state index contributed by atoms with van der Waals surface area (Å²) in [7, 11) is 1.57. The zero-order chi connectivity index (χ0) is 22.4. The Kier molecular flexibility index (Phi) is 7.28. The lowest BCUT2D eigenvalue weighted by atomic mass is 10.2. The van der Waals surface area contributed by atoms with E-state index in [-0.39, 0.29) is 43.0 Å². The summed E-state index contributed by atoms with van der Waals surface area (Å²) >= 11 is 0. The molecule has 0 atom stereocenters. The van der Waals surface area contributed by atoms with Gasteiger partial charge < -0.3 is 19.3 Å². The summed E-state index contributed by atoms with van der Waals surface area (Å²) < 4.78 is 10.8. The summed E-state index contributed by atoms with van der Waals surface area (Å²) in [6.45, 7) is 3.69. The number of likely N-dealkylation sites (tertiary alicyclic amines) is 1. The minimum absolute atomic E-state index is 0.147. The van der Waals surface area contributed by atoms with Gasteiger partial charge in [-0.1, -0.05) is 6.07 Å². The highest BCUT2D eigenvalue weighted by Gasteiger charge is 2.32. The number of amides is 4. The normalized spacial score (nSPS) is 16.9. The van der Waals surface area contributed by atoms with E-state index in [1.54, 1.807) is 29.1 Å². The van der Waals surface area contributed by atoms with Crippen LogP contribution < -0.4 is 9.47 Å². The maximum atomic E-state index is 12.5. The fourth-order valence-electron chi connectivity index (χ4n) is 3.55. The molecule has 1 aromatic rings. The molecule has 0 bridgehead atoms. The van der Waals surface area contributed by atoms with Gasteiger partial charge in [-0.2, -0.15) is 0 Å². The first kappa shape index (κ1) is 22.3. The number of carbonyl (C=O) groups is 4. The third-order valence-electron chi connectivity index (χ3n) is 5.30. The minimum Gasteiger partial charge on any atom is -0.493 e. The predicted molar refractivity (Wildman–Crippen MR) is 112 cm³/mol. The van der Waals surface area contributed by atoms with Gasteiger partial charge in [-0.05, 0) is 30.7 Å². The monoisotopic (exact) mass is 429 g/mol. The van der Waals surface area contributed by atoms with Gasteiger partial charge in [-0.25, -0.2) is 0 Å². The average Bonchev–Trinajstić information content (AvgIpc) is 3.10. The van der Waals surface area contributed by atoms with Crippen molar-refractivity contribution in [1.29, 1.82) is 0 Å². The van der Waals surface area contributed by atoms with Crippen molar-refractivity contribution >= 4 is 29.7 Å². The molecule has 2 saturated heterocycles. The molecule has 9 nitrogen and oxygen atoms in total. The standard InChI is InChI=1S/C22H27N3O6/c1-3-31-18-14-16(4-6-17(18)30-2)5-7-19(26)23-10-12-24(13-11-23)22(29)15-25-20(27)8-9-21(25)28/h4-7,14H,3,8-13,15H2,1-2H3/b7-5+. The first-order valence-corrected chi connectivity index (χ1v) is 10.3. The summed E-state index contributed by atoms with van der Waals surface area (Å²) in [6, 6.07) is 5.43. The number of ether oxygens (including phenoxy) is 2. The van der Waals surface area contributed by atoms with Crippen LogP contribution in [-0.2, 0) is 19.2 Å². The smallest absolute Gasteiger partial charge is 0.246 e. The number of imide groups is 1. The van der Waals surface area contributed by atoms with Crippen LogP contribution in [0.4, 0.5) is 0 Å². The van der Waals surface area contributed by atoms with Gasteiger partial charge in [-0.3, -0.25) is 24.1 Å². The Morgan fingerprint density at radius 3 is 2.26 bits per heavy atom. The van der Waals surface area contributed by atoms with E-state index < -0.39 is 0 Å². The van der Waals surface area contributed by atoms with Crippen molar-refractivity contribution in [2.45, 2.75) is 19.8 Å². The van der Waals surface area contributed by atoms with Gasteiger partial charge in [0, 0.05) is 45.1 Å². The molecular formula is C22H27N3O6. The van der Waals surface area contributed by atoms with Gasteiger partial charge in [0.25, 0.3) is 0 Å². The zero-order valence-corrected chi connectivity index (χ0v) is 17.8. The number of methoxy groups -OCH3 is 1. The van der Waals surface area contributed by atoms with Crippen LogP contribution in [0.15, 0.2) is 24.3 Å². The highest BCUT2D eigenvalue weighted by molar-refractivity contribution is 6.04. The summed E-state index contributed by atoms with van der Waals surface area (Å²) in [4.78, 5) is 52.6. The van der Waals surface area contributed by atoms with Gasteiger partial charge in [0.05, 0.1) is 13.7 Å². The molecule has 3 rings (SSSR count). The van der Waals surface area contributed by atoms with Gasteiger partial charge in [0.2, 0.25) is 23.6 Å². The molecule has 2 aliphatic rings. The highest BCUT2D eigenvalue weighted by atomic mass is 16.5. The van der Waals surface area contributed by atoms with Crippen LogP contribution in [-0.4, -0.2) is 84.8 Å². The number of benzene rings is 1. The summed E-state index contributed by atoms with van der Waals surface area (Å²) in [6.07, 6.45) is 3.55. The van der Waals surface area contributed by atoms with E-state index >= 15 is 0 Å². The first-order valence-electron chi connectivity index (χ1n) is 10.3. The molecule has 1 aromatic carbocycles. The van der Waals surface area contributed by atoms with Crippen LogP contribution in [0.3, 0.4) is 0 Å². The van der Waals surface area contributed by atoms with Gasteiger partial charge in [0.15, 0.2) is 11.5 Å². The Morgan fingerprint density at radius 2 is 1.65 bits per heavy atom. The molecular weight excluding hydrogens is 402 g/mol. The number of rotatable bonds is 7. The van der Waals surface area contributed by atoms with Gasteiger partial charge >= 0.3 is 0 Å². The number of carbonyl (C=O) groups excluding carboxylic acids is 4. The molecule has 166 valence electrons. The lowest BCUT2D eigenvalue weighted by Crippen LogP contribution is -2.52. The van der Waals surface area contributed by atoms with E-state index in [1.807, 2.05) is 19.1 Å². The lowest BCUT2D eigenvalue weighted by Gasteiger charge is -2.34. The largest absolute Gasteiger partial charge is 0.493 e. The van der Waals surface area contributed by atoms with Crippen LogP contribution in [0, 0.1) is 0 Å². The molecule has 2 heterocycles. The second kappa shape index (κ2) is 10.1. The minimum atomic E-state index is -0.302. The molecule has 9 heteroatoms. The van der Waals surface area contributed by atoms with Crippen molar-refractivity contribution in [3.63, 3.8) is 0 Å². The van der Waals surface area contributed by atoms with Crippen LogP contribution in [0.5, 0.6) is 11.5 Å². The Morgan fingerprint density at radius 1 is 1.00 bits per heavy atom. The molecule has 0 unspecified atom stereocenters. The Balaban J connectivity index is 1.52.